The minimum Gasteiger partial charge on any atom is -0.444 e. The molecule has 0 bridgehead atoms. The van der Waals surface area contributed by atoms with Crippen LogP contribution in [0.15, 0.2) is 42.5 Å². The molecule has 0 unspecified atom stereocenters. The number of halogens is 2. The van der Waals surface area contributed by atoms with E-state index in [0.717, 1.165) is 6.07 Å². The van der Waals surface area contributed by atoms with E-state index in [1.807, 2.05) is 0 Å². The molecule has 0 radical (unpaired) electrons. The Morgan fingerprint density at radius 2 is 1.68 bits per heavy atom. The van der Waals surface area contributed by atoms with E-state index in [2.05, 4.69) is 10.6 Å². The third-order valence-electron chi connectivity index (χ3n) is 2.97. The van der Waals surface area contributed by atoms with Crippen molar-refractivity contribution in [1.82, 2.24) is 0 Å². The molecule has 0 spiro atoms. The molecule has 0 saturated carbocycles. The van der Waals surface area contributed by atoms with Crippen LogP contribution in [0.1, 0.15) is 31.1 Å². The second kappa shape index (κ2) is 7.53. The standard InChI is InChI=1S/C18H18ClFN2O3/c1-18(2,3)25-17(24)21-13-7-4-11(5-8-13)16(23)22-15-9-6-12(19)10-14(15)20/h4-10H,1-3H3,(H,21,24)(H,22,23). The van der Waals surface area contributed by atoms with E-state index in [9.17, 15) is 14.0 Å². The van der Waals surface area contributed by atoms with Gasteiger partial charge in [0.2, 0.25) is 0 Å². The SMILES string of the molecule is CC(C)(C)OC(=O)Nc1ccc(C(=O)Nc2ccc(Cl)cc2F)cc1. The third kappa shape index (κ3) is 5.76. The number of hydrogen-bond acceptors (Lipinski definition) is 3. The van der Waals surface area contributed by atoms with Gasteiger partial charge in [-0.1, -0.05) is 11.6 Å². The Kier molecular flexibility index (Phi) is 5.64. The summed E-state index contributed by atoms with van der Waals surface area (Å²) < 4.78 is 18.8. The van der Waals surface area contributed by atoms with Gasteiger partial charge in [-0.3, -0.25) is 10.1 Å². The first-order valence-corrected chi connectivity index (χ1v) is 7.88. The summed E-state index contributed by atoms with van der Waals surface area (Å²) in [6.45, 7) is 5.28. The molecule has 2 rings (SSSR count). The molecule has 7 heteroatoms. The summed E-state index contributed by atoms with van der Waals surface area (Å²) >= 11 is 5.67. The zero-order chi connectivity index (χ0) is 18.6. The van der Waals surface area contributed by atoms with Gasteiger partial charge in [-0.15, -0.1) is 0 Å². The lowest BCUT2D eigenvalue weighted by Crippen LogP contribution is -2.27. The van der Waals surface area contributed by atoms with Gasteiger partial charge < -0.3 is 10.1 Å². The summed E-state index contributed by atoms with van der Waals surface area (Å²) in [6.07, 6.45) is -0.590. The fourth-order valence-corrected chi connectivity index (χ4v) is 2.07. The molecule has 0 aromatic heterocycles. The average molecular weight is 365 g/mol. The average Bonchev–Trinajstić information content (AvgIpc) is 2.48. The van der Waals surface area contributed by atoms with Gasteiger partial charge in [-0.25, -0.2) is 9.18 Å². The highest BCUT2D eigenvalue weighted by Crippen LogP contribution is 2.20. The molecule has 2 N–H and O–H groups in total. The molecule has 0 aliphatic carbocycles. The van der Waals surface area contributed by atoms with Crippen LogP contribution >= 0.6 is 11.6 Å². The predicted octanol–water partition coefficient (Wildman–Crippen LogP) is 5.08. The Bertz CT molecular complexity index is 786. The first-order valence-electron chi connectivity index (χ1n) is 7.50. The third-order valence-corrected chi connectivity index (χ3v) is 3.21. The maximum Gasteiger partial charge on any atom is 0.412 e. The van der Waals surface area contributed by atoms with Crippen LogP contribution in [-0.4, -0.2) is 17.6 Å². The van der Waals surface area contributed by atoms with Crippen molar-refractivity contribution in [2.45, 2.75) is 26.4 Å². The Labute approximate surface area is 150 Å². The van der Waals surface area contributed by atoms with Crippen LogP contribution in [0.3, 0.4) is 0 Å². The first kappa shape index (κ1) is 18.7. The number of carbonyl (C=O) groups is 2. The van der Waals surface area contributed by atoms with E-state index in [1.165, 1.54) is 24.3 Å². The molecule has 5 nitrogen and oxygen atoms in total. The smallest absolute Gasteiger partial charge is 0.412 e. The summed E-state index contributed by atoms with van der Waals surface area (Å²) in [5, 5.41) is 5.27. The van der Waals surface area contributed by atoms with Gasteiger partial charge in [0.05, 0.1) is 5.69 Å². The minimum atomic E-state index is -0.621. The number of nitrogens with one attached hydrogen (secondary N) is 2. The minimum absolute atomic E-state index is 0.0327. The molecule has 132 valence electrons. The maximum absolute atomic E-state index is 13.7. The van der Waals surface area contributed by atoms with Gasteiger partial charge in [-0.05, 0) is 63.2 Å². The van der Waals surface area contributed by atoms with Crippen LogP contribution in [0.5, 0.6) is 0 Å². The lowest BCUT2D eigenvalue weighted by Gasteiger charge is -2.19. The van der Waals surface area contributed by atoms with Crippen molar-refractivity contribution in [3.05, 3.63) is 58.9 Å². The van der Waals surface area contributed by atoms with Crippen LogP contribution < -0.4 is 10.6 Å². The largest absolute Gasteiger partial charge is 0.444 e. The summed E-state index contributed by atoms with van der Waals surface area (Å²) in [6, 6.07) is 10.1. The summed E-state index contributed by atoms with van der Waals surface area (Å²) in [7, 11) is 0. The molecule has 0 aliphatic rings. The molecule has 0 aliphatic heterocycles. The number of benzene rings is 2. The van der Waals surface area contributed by atoms with Crippen molar-refractivity contribution < 1.29 is 18.7 Å². The number of carbonyl (C=O) groups excluding carboxylic acids is 2. The van der Waals surface area contributed by atoms with Crippen LogP contribution in [0, 0.1) is 5.82 Å². The van der Waals surface area contributed by atoms with Gasteiger partial charge >= 0.3 is 6.09 Å². The molecule has 2 amide bonds. The molecule has 0 fully saturated rings. The molecule has 2 aromatic carbocycles. The molecule has 25 heavy (non-hydrogen) atoms. The Hall–Kier alpha value is -2.60. The zero-order valence-corrected chi connectivity index (χ0v) is 14.8. The zero-order valence-electron chi connectivity index (χ0n) is 14.0. The Balaban J connectivity index is 2.01. The van der Waals surface area contributed by atoms with Crippen molar-refractivity contribution in [1.29, 1.82) is 0 Å². The monoisotopic (exact) mass is 364 g/mol. The number of hydrogen-bond donors (Lipinski definition) is 2. The maximum atomic E-state index is 13.7. The van der Waals surface area contributed by atoms with Crippen molar-refractivity contribution in [2.75, 3.05) is 10.6 Å². The topological polar surface area (TPSA) is 67.4 Å². The highest BCUT2D eigenvalue weighted by Gasteiger charge is 2.16. The number of amides is 2. The van der Waals surface area contributed by atoms with Gasteiger partial charge in [0.15, 0.2) is 0 Å². The lowest BCUT2D eigenvalue weighted by molar-refractivity contribution is 0.0636. The van der Waals surface area contributed by atoms with E-state index in [-0.39, 0.29) is 10.7 Å². The second-order valence-electron chi connectivity index (χ2n) is 6.28. The molecule has 0 atom stereocenters. The highest BCUT2D eigenvalue weighted by atomic mass is 35.5. The van der Waals surface area contributed by atoms with Crippen LogP contribution in [0.2, 0.25) is 5.02 Å². The molecule has 2 aromatic rings. The van der Waals surface area contributed by atoms with Gasteiger partial charge in [0, 0.05) is 16.3 Å². The summed E-state index contributed by atoms with van der Waals surface area (Å²) in [5.74, 6) is -1.10. The van der Waals surface area contributed by atoms with E-state index in [1.54, 1.807) is 32.9 Å². The van der Waals surface area contributed by atoms with Gasteiger partial charge in [-0.2, -0.15) is 0 Å². The van der Waals surface area contributed by atoms with Crippen molar-refractivity contribution in [3.63, 3.8) is 0 Å². The number of rotatable bonds is 3. The highest BCUT2D eigenvalue weighted by molar-refractivity contribution is 6.30. The number of ether oxygens (including phenoxy) is 1. The quantitative estimate of drug-likeness (QED) is 0.798. The van der Waals surface area contributed by atoms with E-state index in [4.69, 9.17) is 16.3 Å². The first-order chi connectivity index (χ1) is 11.6. The van der Waals surface area contributed by atoms with Crippen LogP contribution in [0.4, 0.5) is 20.6 Å². The molecule has 0 saturated heterocycles. The van der Waals surface area contributed by atoms with Crippen molar-refractivity contribution in [3.8, 4) is 0 Å². The normalized spacial score (nSPS) is 10.9. The van der Waals surface area contributed by atoms with E-state index < -0.39 is 23.4 Å². The summed E-state index contributed by atoms with van der Waals surface area (Å²) in [4.78, 5) is 23.8. The fourth-order valence-electron chi connectivity index (χ4n) is 1.91. The van der Waals surface area contributed by atoms with Gasteiger partial charge in [0.1, 0.15) is 11.4 Å². The number of anilines is 2. The van der Waals surface area contributed by atoms with E-state index in [0.29, 0.717) is 11.3 Å². The second-order valence-corrected chi connectivity index (χ2v) is 6.72. The molecular formula is C18H18ClFN2O3. The van der Waals surface area contributed by atoms with E-state index >= 15 is 0 Å². The summed E-state index contributed by atoms with van der Waals surface area (Å²) in [5.41, 5.74) is 0.213. The predicted molar refractivity (Wildman–Crippen MR) is 95.7 cm³/mol. The van der Waals surface area contributed by atoms with Crippen molar-refractivity contribution >= 4 is 35.0 Å². The molecule has 0 heterocycles. The van der Waals surface area contributed by atoms with Crippen LogP contribution in [-0.2, 0) is 4.74 Å². The van der Waals surface area contributed by atoms with Crippen molar-refractivity contribution in [2.24, 2.45) is 0 Å². The van der Waals surface area contributed by atoms with Crippen LogP contribution in [0.25, 0.3) is 0 Å². The Morgan fingerprint density at radius 3 is 2.24 bits per heavy atom. The van der Waals surface area contributed by atoms with Gasteiger partial charge in [0.25, 0.3) is 5.91 Å². The Morgan fingerprint density at radius 1 is 1.04 bits per heavy atom. The lowest BCUT2D eigenvalue weighted by atomic mass is 10.2. The fraction of sp³-hybridized carbons (Fsp3) is 0.222. The molecular weight excluding hydrogens is 347 g/mol.